The molecule has 144 valence electrons. The fourth-order valence-corrected chi connectivity index (χ4v) is 3.93. The summed E-state index contributed by atoms with van der Waals surface area (Å²) in [6.07, 6.45) is 4.56. The van der Waals surface area contributed by atoms with Crippen molar-refractivity contribution in [3.05, 3.63) is 41.5 Å². The predicted molar refractivity (Wildman–Crippen MR) is 105 cm³/mol. The van der Waals surface area contributed by atoms with Crippen LogP contribution in [0.1, 0.15) is 36.5 Å². The Morgan fingerprint density at radius 3 is 2.74 bits per heavy atom. The number of urea groups is 1. The molecule has 27 heavy (non-hydrogen) atoms. The van der Waals surface area contributed by atoms with Crippen molar-refractivity contribution in [1.29, 1.82) is 0 Å². The molecule has 4 rings (SSSR count). The van der Waals surface area contributed by atoms with Crippen molar-refractivity contribution in [3.8, 4) is 0 Å². The highest BCUT2D eigenvalue weighted by Crippen LogP contribution is 2.18. The zero-order valence-corrected chi connectivity index (χ0v) is 16.0. The maximum atomic E-state index is 12.6. The van der Waals surface area contributed by atoms with Crippen molar-refractivity contribution in [2.45, 2.75) is 45.7 Å². The summed E-state index contributed by atoms with van der Waals surface area (Å²) >= 11 is 0. The molecule has 7 heteroatoms. The number of nitrogens with zero attached hydrogens (tertiary/aromatic N) is 5. The number of rotatable bonds is 3. The van der Waals surface area contributed by atoms with Crippen LogP contribution in [0.5, 0.6) is 0 Å². The quantitative estimate of drug-likeness (QED) is 0.903. The molecule has 7 nitrogen and oxygen atoms in total. The Morgan fingerprint density at radius 1 is 1.07 bits per heavy atom. The molecule has 1 saturated heterocycles. The fraction of sp³-hybridized carbons (Fsp3) is 0.550. The second-order valence-electron chi connectivity index (χ2n) is 7.47. The van der Waals surface area contributed by atoms with E-state index in [0.717, 1.165) is 57.2 Å². The lowest BCUT2D eigenvalue weighted by Crippen LogP contribution is -2.51. The van der Waals surface area contributed by atoms with Gasteiger partial charge in [-0.25, -0.2) is 4.79 Å². The van der Waals surface area contributed by atoms with Crippen LogP contribution >= 0.6 is 0 Å². The average Bonchev–Trinajstić information content (AvgIpc) is 2.92. The monoisotopic (exact) mass is 368 g/mol. The minimum atomic E-state index is -0.00939. The minimum absolute atomic E-state index is 0.00939. The first-order chi connectivity index (χ1) is 13.2. The predicted octanol–water partition coefficient (Wildman–Crippen LogP) is 2.34. The largest absolute Gasteiger partial charge is 0.368 e. The van der Waals surface area contributed by atoms with E-state index in [-0.39, 0.29) is 6.03 Å². The number of carbonyl (C=O) groups excluding carboxylic acids is 1. The van der Waals surface area contributed by atoms with Gasteiger partial charge in [-0.2, -0.15) is 0 Å². The van der Waals surface area contributed by atoms with Gasteiger partial charge in [0.25, 0.3) is 0 Å². The molecule has 1 fully saturated rings. The first kappa shape index (κ1) is 17.8. The van der Waals surface area contributed by atoms with Gasteiger partial charge < -0.3 is 19.7 Å². The number of benzene rings is 1. The van der Waals surface area contributed by atoms with Gasteiger partial charge in [0.15, 0.2) is 5.82 Å². The normalized spacial score (nSPS) is 17.4. The van der Waals surface area contributed by atoms with Gasteiger partial charge in [-0.1, -0.05) is 18.6 Å². The van der Waals surface area contributed by atoms with E-state index in [9.17, 15) is 4.79 Å². The van der Waals surface area contributed by atoms with E-state index in [1.54, 1.807) is 0 Å². The summed E-state index contributed by atoms with van der Waals surface area (Å²) in [4.78, 5) is 16.8. The second kappa shape index (κ2) is 7.98. The molecule has 2 aliphatic rings. The molecule has 0 aliphatic carbocycles. The summed E-state index contributed by atoms with van der Waals surface area (Å²) in [5.74, 6) is 1.93. The SMILES string of the molecule is Cc1cccc(N2CCN(C(=O)NCc3nnc4n3CCCCC4)CC2)c1. The van der Waals surface area contributed by atoms with Crippen LogP contribution in [-0.2, 0) is 19.5 Å². The van der Waals surface area contributed by atoms with E-state index in [1.807, 2.05) is 4.90 Å². The van der Waals surface area contributed by atoms with Gasteiger partial charge in [0.2, 0.25) is 0 Å². The smallest absolute Gasteiger partial charge is 0.317 e. The molecular weight excluding hydrogens is 340 g/mol. The van der Waals surface area contributed by atoms with E-state index in [2.05, 4.69) is 56.2 Å². The van der Waals surface area contributed by atoms with Gasteiger partial charge in [0, 0.05) is 44.8 Å². The van der Waals surface area contributed by atoms with Gasteiger partial charge >= 0.3 is 6.03 Å². The molecule has 0 atom stereocenters. The van der Waals surface area contributed by atoms with Crippen LogP contribution in [0.25, 0.3) is 0 Å². The molecule has 1 aromatic heterocycles. The molecule has 3 heterocycles. The topological polar surface area (TPSA) is 66.3 Å². The standard InChI is InChI=1S/C20H28N6O/c1-16-6-5-7-17(14-16)24-10-12-25(13-11-24)20(27)21-15-19-23-22-18-8-3-2-4-9-26(18)19/h5-7,14H,2-4,8-13,15H2,1H3,(H,21,27). The molecule has 1 N–H and O–H groups in total. The summed E-state index contributed by atoms with van der Waals surface area (Å²) in [5.41, 5.74) is 2.50. The van der Waals surface area contributed by atoms with Gasteiger partial charge in [0.05, 0.1) is 6.54 Å². The Morgan fingerprint density at radius 2 is 1.93 bits per heavy atom. The number of piperazine rings is 1. The van der Waals surface area contributed by atoms with E-state index in [4.69, 9.17) is 0 Å². The lowest BCUT2D eigenvalue weighted by Gasteiger charge is -2.36. The number of hydrogen-bond donors (Lipinski definition) is 1. The van der Waals surface area contributed by atoms with Gasteiger partial charge in [-0.3, -0.25) is 0 Å². The first-order valence-corrected chi connectivity index (χ1v) is 9.96. The van der Waals surface area contributed by atoms with E-state index in [0.29, 0.717) is 6.54 Å². The molecule has 0 bridgehead atoms. The summed E-state index contributed by atoms with van der Waals surface area (Å²) < 4.78 is 2.18. The number of fused-ring (bicyclic) bond motifs is 1. The number of anilines is 1. The zero-order valence-electron chi connectivity index (χ0n) is 16.0. The molecule has 0 radical (unpaired) electrons. The van der Waals surface area contributed by atoms with E-state index in [1.165, 1.54) is 24.1 Å². The Labute approximate surface area is 160 Å². The van der Waals surface area contributed by atoms with Crippen molar-refractivity contribution in [2.75, 3.05) is 31.1 Å². The van der Waals surface area contributed by atoms with Crippen LogP contribution in [0.15, 0.2) is 24.3 Å². The number of carbonyl (C=O) groups is 1. The molecule has 0 spiro atoms. The Kier molecular flexibility index (Phi) is 5.27. The van der Waals surface area contributed by atoms with Crippen LogP contribution in [-0.4, -0.2) is 51.9 Å². The number of nitrogens with one attached hydrogen (secondary N) is 1. The lowest BCUT2D eigenvalue weighted by molar-refractivity contribution is 0.193. The van der Waals surface area contributed by atoms with Crippen LogP contribution in [0.4, 0.5) is 10.5 Å². The van der Waals surface area contributed by atoms with Crippen LogP contribution in [0.2, 0.25) is 0 Å². The van der Waals surface area contributed by atoms with Crippen LogP contribution in [0.3, 0.4) is 0 Å². The third-order valence-corrected chi connectivity index (χ3v) is 5.52. The minimum Gasteiger partial charge on any atom is -0.368 e. The third-order valence-electron chi connectivity index (χ3n) is 5.52. The molecule has 2 aromatic rings. The van der Waals surface area contributed by atoms with Crippen molar-refractivity contribution < 1.29 is 4.79 Å². The maximum Gasteiger partial charge on any atom is 0.317 e. The number of hydrogen-bond acceptors (Lipinski definition) is 4. The zero-order chi connectivity index (χ0) is 18.6. The van der Waals surface area contributed by atoms with Crippen LogP contribution in [0, 0.1) is 6.92 Å². The lowest BCUT2D eigenvalue weighted by atomic mass is 10.2. The van der Waals surface area contributed by atoms with Gasteiger partial charge in [-0.15, -0.1) is 10.2 Å². The van der Waals surface area contributed by atoms with Crippen molar-refractivity contribution in [1.82, 2.24) is 25.0 Å². The summed E-state index contributed by atoms with van der Waals surface area (Å²) in [6, 6.07) is 8.53. The highest BCUT2D eigenvalue weighted by molar-refractivity contribution is 5.74. The summed E-state index contributed by atoms with van der Waals surface area (Å²) in [7, 11) is 0. The Balaban J connectivity index is 1.29. The summed E-state index contributed by atoms with van der Waals surface area (Å²) in [5, 5.41) is 11.6. The molecule has 0 saturated carbocycles. The molecule has 0 unspecified atom stereocenters. The number of amides is 2. The molecular formula is C20H28N6O. The van der Waals surface area contributed by atoms with Gasteiger partial charge in [0.1, 0.15) is 5.82 Å². The van der Waals surface area contributed by atoms with Gasteiger partial charge in [-0.05, 0) is 37.5 Å². The Hall–Kier alpha value is -2.57. The second-order valence-corrected chi connectivity index (χ2v) is 7.47. The third kappa shape index (κ3) is 4.07. The van der Waals surface area contributed by atoms with Crippen molar-refractivity contribution >= 4 is 11.7 Å². The summed E-state index contributed by atoms with van der Waals surface area (Å²) in [6.45, 7) is 6.70. The first-order valence-electron chi connectivity index (χ1n) is 9.96. The van der Waals surface area contributed by atoms with Crippen molar-refractivity contribution in [3.63, 3.8) is 0 Å². The average molecular weight is 368 g/mol. The van der Waals surface area contributed by atoms with Crippen molar-refractivity contribution in [2.24, 2.45) is 0 Å². The highest BCUT2D eigenvalue weighted by Gasteiger charge is 2.22. The molecule has 2 aliphatic heterocycles. The number of aryl methyl sites for hydroxylation is 2. The molecule has 1 aromatic carbocycles. The van der Waals surface area contributed by atoms with Crippen LogP contribution < -0.4 is 10.2 Å². The van der Waals surface area contributed by atoms with E-state index < -0.39 is 0 Å². The van der Waals surface area contributed by atoms with E-state index >= 15 is 0 Å². The fourth-order valence-electron chi connectivity index (χ4n) is 3.93. The highest BCUT2D eigenvalue weighted by atomic mass is 16.2. The number of aromatic nitrogens is 3. The Bertz CT molecular complexity index is 794. The molecule has 2 amide bonds. The maximum absolute atomic E-state index is 12.6.